The van der Waals surface area contributed by atoms with Crippen molar-refractivity contribution < 1.29 is 17.6 Å². The number of nitrogens with one attached hydrogen (secondary N) is 3. The fraction of sp³-hybridized carbons (Fsp3) is 0.143. The third-order valence-corrected chi connectivity index (χ3v) is 7.07. The van der Waals surface area contributed by atoms with Crippen molar-refractivity contribution in [3.63, 3.8) is 0 Å². The number of H-pyrrole nitrogens is 1. The van der Waals surface area contributed by atoms with E-state index >= 15 is 0 Å². The molecule has 12 heteroatoms. The number of carbonyl (C=O) groups is 1. The minimum atomic E-state index is -4.31. The number of hydrogen-bond acceptors (Lipinski definition) is 4. The van der Waals surface area contributed by atoms with E-state index in [2.05, 4.69) is 20.1 Å². The third-order valence-electron chi connectivity index (χ3n) is 5.06. The first-order valence-electron chi connectivity index (χ1n) is 9.62. The summed E-state index contributed by atoms with van der Waals surface area (Å²) in [6, 6.07) is 7.87. The number of nitrogens with zero attached hydrogens (tertiary/aromatic N) is 2. The van der Waals surface area contributed by atoms with Crippen LogP contribution in [0.5, 0.6) is 0 Å². The zero-order valence-corrected chi connectivity index (χ0v) is 19.7. The maximum absolute atomic E-state index is 14.7. The maximum Gasteiger partial charge on any atom is 0.264 e. The average Bonchev–Trinajstić information content (AvgIpc) is 3.30. The van der Waals surface area contributed by atoms with Crippen LogP contribution in [0.15, 0.2) is 47.5 Å². The number of rotatable bonds is 6. The number of halogens is 3. The molecule has 0 aliphatic heterocycles. The van der Waals surface area contributed by atoms with Crippen LogP contribution in [0.3, 0.4) is 0 Å². The van der Waals surface area contributed by atoms with E-state index in [9.17, 15) is 17.6 Å². The lowest BCUT2D eigenvalue weighted by atomic mass is 10.2. The summed E-state index contributed by atoms with van der Waals surface area (Å²) in [6.45, 7) is 2.02. The second kappa shape index (κ2) is 8.69. The third kappa shape index (κ3) is 4.54. The Morgan fingerprint density at radius 2 is 1.94 bits per heavy atom. The fourth-order valence-corrected chi connectivity index (χ4v) is 5.00. The summed E-state index contributed by atoms with van der Waals surface area (Å²) in [7, 11) is -2.53. The van der Waals surface area contributed by atoms with E-state index in [0.717, 1.165) is 17.8 Å². The van der Waals surface area contributed by atoms with Crippen LogP contribution in [-0.2, 0) is 23.6 Å². The largest absolute Gasteiger partial charge is 0.358 e. The van der Waals surface area contributed by atoms with Gasteiger partial charge in [-0.3, -0.25) is 14.2 Å². The second-order valence-corrected chi connectivity index (χ2v) is 9.78. The molecule has 0 saturated carbocycles. The summed E-state index contributed by atoms with van der Waals surface area (Å²) in [5, 5.41) is 7.95. The predicted octanol–water partition coefficient (Wildman–Crippen LogP) is 4.39. The van der Waals surface area contributed by atoms with Crippen LogP contribution >= 0.6 is 23.2 Å². The van der Waals surface area contributed by atoms with Gasteiger partial charge in [0.05, 0.1) is 33.5 Å². The van der Waals surface area contributed by atoms with Gasteiger partial charge in [0.2, 0.25) is 0 Å². The molecule has 0 aliphatic rings. The second-order valence-electron chi connectivity index (χ2n) is 7.32. The predicted molar refractivity (Wildman–Crippen MR) is 125 cm³/mol. The molecule has 2 heterocycles. The van der Waals surface area contributed by atoms with E-state index in [1.54, 1.807) is 11.7 Å². The quantitative estimate of drug-likeness (QED) is 0.358. The standard InChI is InChI=1S/C21H18Cl2FN5O3S/c1-11-7-13(27-29(11)2)9-26-21(30)12-3-6-18(16(24)8-12)33(31,32)28-17-5-4-14(22)19-15(23)10-25-20(17)19/h3-8,10,25,28H,9H2,1-2H3,(H,26,30). The Hall–Kier alpha value is -3.08. The Morgan fingerprint density at radius 3 is 2.61 bits per heavy atom. The number of anilines is 1. The molecular formula is C21H18Cl2FN5O3S. The molecule has 2 aromatic heterocycles. The first-order chi connectivity index (χ1) is 15.6. The number of aromatic nitrogens is 3. The Balaban J connectivity index is 1.54. The molecule has 4 rings (SSSR count). The molecule has 0 spiro atoms. The van der Waals surface area contributed by atoms with Gasteiger partial charge >= 0.3 is 0 Å². The Morgan fingerprint density at radius 1 is 1.18 bits per heavy atom. The minimum Gasteiger partial charge on any atom is -0.358 e. The molecule has 172 valence electrons. The van der Waals surface area contributed by atoms with Gasteiger partial charge in [0, 0.05) is 29.9 Å². The SMILES string of the molecule is Cc1cc(CNC(=O)c2ccc(S(=O)(=O)Nc3ccc(Cl)c4c(Cl)c[nH]c34)c(F)c2)nn1C. The number of aromatic amines is 1. The first-order valence-corrected chi connectivity index (χ1v) is 11.9. The van der Waals surface area contributed by atoms with Crippen molar-refractivity contribution in [2.24, 2.45) is 7.05 Å². The zero-order valence-electron chi connectivity index (χ0n) is 17.4. The topological polar surface area (TPSA) is 109 Å². The maximum atomic E-state index is 14.7. The van der Waals surface area contributed by atoms with Crippen LogP contribution in [0.25, 0.3) is 10.9 Å². The van der Waals surface area contributed by atoms with Crippen molar-refractivity contribution in [2.45, 2.75) is 18.4 Å². The molecule has 0 atom stereocenters. The summed E-state index contributed by atoms with van der Waals surface area (Å²) in [6.07, 6.45) is 1.47. The van der Waals surface area contributed by atoms with E-state index in [1.165, 1.54) is 24.4 Å². The van der Waals surface area contributed by atoms with Gasteiger partial charge in [-0.1, -0.05) is 23.2 Å². The molecule has 0 saturated heterocycles. The summed E-state index contributed by atoms with van der Waals surface area (Å²) in [5.41, 5.74) is 2.05. The van der Waals surface area contributed by atoms with Gasteiger partial charge in [0.1, 0.15) is 10.7 Å². The zero-order chi connectivity index (χ0) is 23.9. The van der Waals surface area contributed by atoms with Crippen LogP contribution in [0.4, 0.5) is 10.1 Å². The molecule has 0 aliphatic carbocycles. The highest BCUT2D eigenvalue weighted by Gasteiger charge is 2.23. The molecule has 0 unspecified atom stereocenters. The smallest absolute Gasteiger partial charge is 0.264 e. The molecular weight excluding hydrogens is 492 g/mol. The molecule has 0 fully saturated rings. The molecule has 33 heavy (non-hydrogen) atoms. The van der Waals surface area contributed by atoms with Crippen LogP contribution < -0.4 is 10.0 Å². The first kappa shape index (κ1) is 23.1. The molecule has 8 nitrogen and oxygen atoms in total. The number of amides is 1. The minimum absolute atomic E-state index is 0.0239. The number of sulfonamides is 1. The van der Waals surface area contributed by atoms with Crippen LogP contribution in [0.1, 0.15) is 21.7 Å². The van der Waals surface area contributed by atoms with Gasteiger partial charge in [-0.2, -0.15) is 5.10 Å². The van der Waals surface area contributed by atoms with Gasteiger partial charge in [0.25, 0.3) is 15.9 Å². The van der Waals surface area contributed by atoms with Gasteiger partial charge in [-0.05, 0) is 43.3 Å². The summed E-state index contributed by atoms with van der Waals surface area (Å²) >= 11 is 12.2. The van der Waals surface area contributed by atoms with Crippen molar-refractivity contribution in [3.8, 4) is 0 Å². The number of carbonyl (C=O) groups excluding carboxylic acids is 1. The molecule has 0 bridgehead atoms. The Kier molecular flexibility index (Phi) is 6.08. The summed E-state index contributed by atoms with van der Waals surface area (Å²) in [5.74, 6) is -1.63. The van der Waals surface area contributed by atoms with E-state index < -0.39 is 26.6 Å². The van der Waals surface area contributed by atoms with E-state index in [0.29, 0.717) is 26.6 Å². The van der Waals surface area contributed by atoms with E-state index in [-0.39, 0.29) is 17.8 Å². The summed E-state index contributed by atoms with van der Waals surface area (Å²) in [4.78, 5) is 14.6. The van der Waals surface area contributed by atoms with Crippen molar-refractivity contribution in [1.82, 2.24) is 20.1 Å². The van der Waals surface area contributed by atoms with Crippen LogP contribution in [0, 0.1) is 12.7 Å². The normalized spacial score (nSPS) is 11.7. The van der Waals surface area contributed by atoms with Gasteiger partial charge < -0.3 is 10.3 Å². The average molecular weight is 510 g/mol. The molecule has 1 amide bonds. The summed E-state index contributed by atoms with van der Waals surface area (Å²) < 4.78 is 44.4. The van der Waals surface area contributed by atoms with Crippen molar-refractivity contribution in [2.75, 3.05) is 4.72 Å². The highest BCUT2D eigenvalue weighted by atomic mass is 35.5. The Labute approximate surface area is 198 Å². The van der Waals surface area contributed by atoms with Gasteiger partial charge in [-0.15, -0.1) is 0 Å². The lowest BCUT2D eigenvalue weighted by molar-refractivity contribution is 0.0949. The van der Waals surface area contributed by atoms with Crippen molar-refractivity contribution >= 4 is 55.7 Å². The van der Waals surface area contributed by atoms with E-state index in [4.69, 9.17) is 23.2 Å². The highest BCUT2D eigenvalue weighted by Crippen LogP contribution is 2.35. The van der Waals surface area contributed by atoms with Crippen LogP contribution in [0.2, 0.25) is 10.0 Å². The molecule has 4 aromatic rings. The van der Waals surface area contributed by atoms with Gasteiger partial charge in [0.15, 0.2) is 0 Å². The van der Waals surface area contributed by atoms with Crippen LogP contribution in [-0.4, -0.2) is 29.1 Å². The molecule has 0 radical (unpaired) electrons. The van der Waals surface area contributed by atoms with Crippen molar-refractivity contribution in [1.29, 1.82) is 0 Å². The number of benzene rings is 2. The van der Waals surface area contributed by atoms with Crippen molar-refractivity contribution in [3.05, 3.63) is 75.4 Å². The monoisotopic (exact) mass is 509 g/mol. The molecule has 2 aromatic carbocycles. The van der Waals surface area contributed by atoms with E-state index in [1.807, 2.05) is 13.0 Å². The lowest BCUT2D eigenvalue weighted by Gasteiger charge is -2.11. The number of fused-ring (bicyclic) bond motifs is 1. The number of aryl methyl sites for hydroxylation is 2. The highest BCUT2D eigenvalue weighted by molar-refractivity contribution is 7.92. The fourth-order valence-electron chi connectivity index (χ4n) is 3.31. The number of hydrogen-bond donors (Lipinski definition) is 3. The van der Waals surface area contributed by atoms with Gasteiger partial charge in [-0.25, -0.2) is 12.8 Å². The molecule has 3 N–H and O–H groups in total. The lowest BCUT2D eigenvalue weighted by Crippen LogP contribution is -2.23. The Bertz CT molecular complexity index is 1480.